The van der Waals surface area contributed by atoms with E-state index in [1.54, 1.807) is 12.1 Å². The van der Waals surface area contributed by atoms with E-state index < -0.39 is 27.9 Å². The highest BCUT2D eigenvalue weighted by Crippen LogP contribution is 2.35. The van der Waals surface area contributed by atoms with Crippen LogP contribution in [0, 0.1) is 12.7 Å². The highest BCUT2D eigenvalue weighted by atomic mass is 32.2. The molecule has 2 aromatic rings. The average molecular weight is 375 g/mol. The molecule has 1 aliphatic rings. The summed E-state index contributed by atoms with van der Waals surface area (Å²) >= 11 is 0. The van der Waals surface area contributed by atoms with Crippen molar-refractivity contribution in [3.8, 4) is 0 Å². The number of nitrogens with zero attached hydrogens (tertiary/aromatic N) is 1. The Labute approximate surface area is 151 Å². The highest BCUT2D eigenvalue weighted by molar-refractivity contribution is 7.89. The van der Waals surface area contributed by atoms with E-state index in [9.17, 15) is 22.7 Å². The Bertz CT molecular complexity index is 950. The normalized spacial score (nSPS) is 18.4. The minimum Gasteiger partial charge on any atom is -0.478 e. The Morgan fingerprint density at radius 3 is 2.31 bits per heavy atom. The predicted molar refractivity (Wildman–Crippen MR) is 94.5 cm³/mol. The van der Waals surface area contributed by atoms with Gasteiger partial charge in [0.2, 0.25) is 10.0 Å². The SMILES string of the molecule is Cc1ccc(S(=O)(=O)N2CC(C(=O)O)=CCC2c2ccc(F)cc2)cc1. The first-order chi connectivity index (χ1) is 12.3. The highest BCUT2D eigenvalue weighted by Gasteiger charge is 2.36. The molecule has 1 aliphatic heterocycles. The predicted octanol–water partition coefficient (Wildman–Crippen LogP) is 3.28. The molecule has 1 unspecified atom stereocenters. The van der Waals surface area contributed by atoms with Gasteiger partial charge in [-0.25, -0.2) is 17.6 Å². The van der Waals surface area contributed by atoms with Crippen LogP contribution in [-0.2, 0) is 14.8 Å². The van der Waals surface area contributed by atoms with Crippen molar-refractivity contribution in [2.24, 2.45) is 0 Å². The molecule has 26 heavy (non-hydrogen) atoms. The van der Waals surface area contributed by atoms with E-state index in [0.29, 0.717) is 5.56 Å². The lowest BCUT2D eigenvalue weighted by molar-refractivity contribution is -0.133. The summed E-state index contributed by atoms with van der Waals surface area (Å²) in [7, 11) is -3.92. The first-order valence-corrected chi connectivity index (χ1v) is 9.49. The first-order valence-electron chi connectivity index (χ1n) is 8.05. The van der Waals surface area contributed by atoms with E-state index in [1.165, 1.54) is 46.8 Å². The fourth-order valence-corrected chi connectivity index (χ4v) is 4.56. The molecule has 0 radical (unpaired) electrons. The molecule has 0 fully saturated rings. The maximum absolute atomic E-state index is 13.2. The molecule has 0 aliphatic carbocycles. The van der Waals surface area contributed by atoms with Gasteiger partial charge in [-0.3, -0.25) is 0 Å². The van der Waals surface area contributed by atoms with Crippen molar-refractivity contribution in [1.29, 1.82) is 0 Å². The minimum absolute atomic E-state index is 0.0269. The summed E-state index contributed by atoms with van der Waals surface area (Å²) in [6, 6.07) is 11.4. The Kier molecular flexibility index (Phi) is 4.93. The molecule has 5 nitrogen and oxygen atoms in total. The third kappa shape index (κ3) is 3.54. The summed E-state index contributed by atoms with van der Waals surface area (Å²) in [5.41, 5.74) is 1.56. The Morgan fingerprint density at radius 2 is 1.73 bits per heavy atom. The van der Waals surface area contributed by atoms with Crippen molar-refractivity contribution in [3.63, 3.8) is 0 Å². The van der Waals surface area contributed by atoms with E-state index in [-0.39, 0.29) is 23.4 Å². The van der Waals surface area contributed by atoms with Crippen molar-refractivity contribution < 1.29 is 22.7 Å². The second kappa shape index (κ2) is 7.01. The van der Waals surface area contributed by atoms with Gasteiger partial charge >= 0.3 is 5.97 Å². The van der Waals surface area contributed by atoms with Crippen LogP contribution in [0.4, 0.5) is 4.39 Å². The number of carboxylic acids is 1. The summed E-state index contributed by atoms with van der Waals surface area (Å²) in [5.74, 6) is -1.56. The summed E-state index contributed by atoms with van der Waals surface area (Å²) in [6.07, 6.45) is 1.73. The summed E-state index contributed by atoms with van der Waals surface area (Å²) in [5, 5.41) is 9.28. The number of aryl methyl sites for hydroxylation is 1. The largest absolute Gasteiger partial charge is 0.478 e. The molecule has 3 rings (SSSR count). The third-order valence-electron chi connectivity index (χ3n) is 4.42. The fourth-order valence-electron chi connectivity index (χ4n) is 2.95. The maximum Gasteiger partial charge on any atom is 0.332 e. The molecule has 136 valence electrons. The van der Waals surface area contributed by atoms with Gasteiger partial charge in [0.15, 0.2) is 0 Å². The zero-order valence-electron chi connectivity index (χ0n) is 14.1. The standard InChI is InChI=1S/C19H18FNO4S/c1-13-2-9-17(10-3-13)26(24,25)21-12-15(19(22)23)6-11-18(21)14-4-7-16(20)8-5-14/h2-10,18H,11-12H2,1H3,(H,22,23). The van der Waals surface area contributed by atoms with Gasteiger partial charge in [0, 0.05) is 12.1 Å². The lowest BCUT2D eigenvalue weighted by Gasteiger charge is -2.34. The molecule has 1 N–H and O–H groups in total. The first kappa shape index (κ1) is 18.3. The van der Waals surface area contributed by atoms with Gasteiger partial charge in [-0.1, -0.05) is 35.9 Å². The molecule has 0 aromatic heterocycles. The second-order valence-electron chi connectivity index (χ2n) is 6.20. The lowest BCUT2D eigenvalue weighted by Crippen LogP contribution is -2.39. The van der Waals surface area contributed by atoms with Crippen LogP contribution >= 0.6 is 0 Å². The number of carbonyl (C=O) groups is 1. The minimum atomic E-state index is -3.92. The molecule has 0 bridgehead atoms. The van der Waals surface area contributed by atoms with Gasteiger partial charge in [-0.05, 0) is 43.2 Å². The number of hydrogen-bond donors (Lipinski definition) is 1. The maximum atomic E-state index is 13.2. The molecule has 1 atom stereocenters. The van der Waals surface area contributed by atoms with E-state index in [4.69, 9.17) is 0 Å². The van der Waals surface area contributed by atoms with Crippen LogP contribution < -0.4 is 0 Å². The molecule has 1 heterocycles. The van der Waals surface area contributed by atoms with Crippen LogP contribution in [0.1, 0.15) is 23.6 Å². The van der Waals surface area contributed by atoms with Crippen LogP contribution in [-0.4, -0.2) is 30.3 Å². The van der Waals surface area contributed by atoms with Gasteiger partial charge in [0.05, 0.1) is 10.9 Å². The van der Waals surface area contributed by atoms with Crippen LogP contribution in [0.25, 0.3) is 0 Å². The van der Waals surface area contributed by atoms with Gasteiger partial charge in [0.25, 0.3) is 0 Å². The number of hydrogen-bond acceptors (Lipinski definition) is 3. The zero-order chi connectivity index (χ0) is 18.9. The molecular weight excluding hydrogens is 357 g/mol. The van der Waals surface area contributed by atoms with E-state index >= 15 is 0 Å². The van der Waals surface area contributed by atoms with Crippen molar-refractivity contribution in [1.82, 2.24) is 4.31 Å². The molecule has 0 spiro atoms. The van der Waals surface area contributed by atoms with Crippen molar-refractivity contribution >= 4 is 16.0 Å². The summed E-state index contributed by atoms with van der Waals surface area (Å²) in [6.45, 7) is 1.61. The lowest BCUT2D eigenvalue weighted by atomic mass is 9.98. The number of sulfonamides is 1. The number of rotatable bonds is 4. The molecule has 7 heteroatoms. The van der Waals surface area contributed by atoms with Crippen molar-refractivity contribution in [2.45, 2.75) is 24.3 Å². The molecule has 2 aromatic carbocycles. The Hall–Kier alpha value is -2.51. The van der Waals surface area contributed by atoms with Crippen LogP contribution in [0.5, 0.6) is 0 Å². The van der Waals surface area contributed by atoms with Crippen molar-refractivity contribution in [2.75, 3.05) is 6.54 Å². The number of carboxylic acid groups (broad SMARTS) is 1. The fraction of sp³-hybridized carbons (Fsp3) is 0.211. The van der Waals surface area contributed by atoms with Gasteiger partial charge in [-0.15, -0.1) is 0 Å². The van der Waals surface area contributed by atoms with Gasteiger partial charge < -0.3 is 5.11 Å². The molecule has 0 saturated carbocycles. The Balaban J connectivity index is 2.06. The van der Waals surface area contributed by atoms with E-state index in [0.717, 1.165) is 5.56 Å². The molecular formula is C19H18FNO4S. The molecule has 0 amide bonds. The van der Waals surface area contributed by atoms with Crippen molar-refractivity contribution in [3.05, 3.63) is 77.1 Å². The smallest absolute Gasteiger partial charge is 0.332 e. The summed E-state index contributed by atoms with van der Waals surface area (Å²) in [4.78, 5) is 11.5. The van der Waals surface area contributed by atoms with E-state index in [2.05, 4.69) is 0 Å². The Morgan fingerprint density at radius 1 is 1.12 bits per heavy atom. The van der Waals surface area contributed by atoms with E-state index in [1.807, 2.05) is 6.92 Å². The van der Waals surface area contributed by atoms with Crippen LogP contribution in [0.2, 0.25) is 0 Å². The topological polar surface area (TPSA) is 74.7 Å². The number of benzene rings is 2. The number of halogens is 1. The third-order valence-corrected chi connectivity index (χ3v) is 6.29. The van der Waals surface area contributed by atoms with Gasteiger partial charge in [0.1, 0.15) is 5.82 Å². The average Bonchev–Trinajstić information content (AvgIpc) is 2.62. The summed E-state index contributed by atoms with van der Waals surface area (Å²) < 4.78 is 40.7. The van der Waals surface area contributed by atoms with Crippen LogP contribution in [0.3, 0.4) is 0 Å². The molecule has 0 saturated heterocycles. The quantitative estimate of drug-likeness (QED) is 0.890. The zero-order valence-corrected chi connectivity index (χ0v) is 14.9. The van der Waals surface area contributed by atoms with Crippen LogP contribution in [0.15, 0.2) is 65.1 Å². The van der Waals surface area contributed by atoms with Gasteiger partial charge in [-0.2, -0.15) is 4.31 Å². The monoisotopic (exact) mass is 375 g/mol. The number of aliphatic carboxylic acids is 1. The second-order valence-corrected chi connectivity index (χ2v) is 8.09.